The van der Waals surface area contributed by atoms with Crippen molar-refractivity contribution >= 4 is 52.2 Å². The van der Waals surface area contributed by atoms with Gasteiger partial charge in [-0.25, -0.2) is 15.0 Å². The van der Waals surface area contributed by atoms with Crippen LogP contribution in [-0.2, 0) is 13.1 Å². The number of hydrogen-bond acceptors (Lipinski definition) is 6. The molecule has 0 radical (unpaired) electrons. The van der Waals surface area contributed by atoms with Crippen molar-refractivity contribution < 1.29 is 0 Å². The van der Waals surface area contributed by atoms with Crippen LogP contribution >= 0.6 is 35.3 Å². The van der Waals surface area contributed by atoms with Crippen molar-refractivity contribution in [1.82, 2.24) is 20.6 Å². The zero-order valence-electron chi connectivity index (χ0n) is 16.0. The smallest absolute Gasteiger partial charge is 0.191 e. The standard InChI is InChI=1S/C17H27N7S.HI/c1-6-18-16(20-11-14-12-25-17(22-14)24(4)5)19-10-13-8-7-9-15(21-13)23(2)3;/h7-9,12H,6,10-11H2,1-5H3,(H2,18,19,20);1H. The Bertz CT molecular complexity index is 700. The minimum atomic E-state index is 0. The minimum Gasteiger partial charge on any atom is -0.363 e. The Balaban J connectivity index is 0.00000338. The van der Waals surface area contributed by atoms with Crippen LogP contribution in [0.1, 0.15) is 18.3 Å². The highest BCUT2D eigenvalue weighted by atomic mass is 127. The van der Waals surface area contributed by atoms with Crippen LogP contribution in [0.25, 0.3) is 0 Å². The number of aromatic nitrogens is 2. The molecule has 0 aliphatic carbocycles. The first-order valence-electron chi connectivity index (χ1n) is 8.26. The van der Waals surface area contributed by atoms with E-state index in [1.54, 1.807) is 11.3 Å². The van der Waals surface area contributed by atoms with Gasteiger partial charge in [-0.05, 0) is 19.1 Å². The van der Waals surface area contributed by atoms with E-state index in [4.69, 9.17) is 0 Å². The largest absolute Gasteiger partial charge is 0.363 e. The van der Waals surface area contributed by atoms with Gasteiger partial charge in [-0.3, -0.25) is 0 Å². The highest BCUT2D eigenvalue weighted by Gasteiger charge is 2.05. The molecule has 2 aromatic heterocycles. The number of nitrogens with zero attached hydrogens (tertiary/aromatic N) is 5. The quantitative estimate of drug-likeness (QED) is 0.354. The molecule has 2 heterocycles. The molecule has 0 bridgehead atoms. The third kappa shape index (κ3) is 6.94. The summed E-state index contributed by atoms with van der Waals surface area (Å²) in [6.45, 7) is 4.02. The second kappa shape index (κ2) is 11.2. The molecule has 2 rings (SSSR count). The summed E-state index contributed by atoms with van der Waals surface area (Å²) >= 11 is 1.63. The van der Waals surface area contributed by atoms with Crippen LogP contribution in [0.3, 0.4) is 0 Å². The second-order valence-electron chi connectivity index (χ2n) is 5.95. The van der Waals surface area contributed by atoms with Crippen molar-refractivity contribution in [2.45, 2.75) is 20.0 Å². The number of nitrogens with one attached hydrogen (secondary N) is 2. The summed E-state index contributed by atoms with van der Waals surface area (Å²) in [6, 6.07) is 6.02. The zero-order chi connectivity index (χ0) is 18.2. The Morgan fingerprint density at radius 2 is 1.85 bits per heavy atom. The Hall–Kier alpha value is -1.62. The van der Waals surface area contributed by atoms with E-state index < -0.39 is 0 Å². The first kappa shape index (κ1) is 22.4. The lowest BCUT2D eigenvalue weighted by molar-refractivity contribution is 0.795. The van der Waals surface area contributed by atoms with Crippen molar-refractivity contribution in [3.05, 3.63) is 35.0 Å². The molecular formula is C17H28IN7S. The Labute approximate surface area is 177 Å². The number of guanidine groups is 1. The van der Waals surface area contributed by atoms with Gasteiger partial charge in [-0.2, -0.15) is 0 Å². The molecule has 0 spiro atoms. The number of rotatable bonds is 7. The maximum Gasteiger partial charge on any atom is 0.191 e. The number of halogens is 1. The van der Waals surface area contributed by atoms with Gasteiger partial charge >= 0.3 is 0 Å². The highest BCUT2D eigenvalue weighted by Crippen LogP contribution is 2.18. The van der Waals surface area contributed by atoms with Crippen LogP contribution in [0.4, 0.5) is 10.9 Å². The first-order chi connectivity index (χ1) is 12.0. The summed E-state index contributed by atoms with van der Waals surface area (Å²) in [7, 11) is 7.96. The summed E-state index contributed by atoms with van der Waals surface area (Å²) < 4.78 is 0. The van der Waals surface area contributed by atoms with E-state index in [-0.39, 0.29) is 24.0 Å². The van der Waals surface area contributed by atoms with Crippen molar-refractivity contribution in [2.75, 3.05) is 44.5 Å². The van der Waals surface area contributed by atoms with Gasteiger partial charge in [-0.1, -0.05) is 6.07 Å². The summed E-state index contributed by atoms with van der Waals surface area (Å²) in [6.07, 6.45) is 0. The van der Waals surface area contributed by atoms with Crippen molar-refractivity contribution in [1.29, 1.82) is 0 Å². The number of thiazole rings is 1. The SMILES string of the molecule is CCNC(=NCc1csc(N(C)C)n1)NCc1cccc(N(C)C)n1.I. The predicted molar refractivity (Wildman–Crippen MR) is 122 cm³/mol. The summed E-state index contributed by atoms with van der Waals surface area (Å²) in [5.74, 6) is 1.71. The third-order valence-electron chi connectivity index (χ3n) is 3.35. The fourth-order valence-electron chi connectivity index (χ4n) is 2.06. The van der Waals surface area contributed by atoms with E-state index in [9.17, 15) is 0 Å². The fourth-order valence-corrected chi connectivity index (χ4v) is 2.81. The zero-order valence-corrected chi connectivity index (χ0v) is 19.1. The number of hydrogen-bond donors (Lipinski definition) is 2. The van der Waals surface area contributed by atoms with Crippen molar-refractivity contribution in [3.8, 4) is 0 Å². The summed E-state index contributed by atoms with van der Waals surface area (Å²) in [5.41, 5.74) is 1.94. The molecule has 0 aromatic carbocycles. The molecule has 0 aliphatic heterocycles. The monoisotopic (exact) mass is 489 g/mol. The van der Waals surface area contributed by atoms with E-state index in [0.717, 1.165) is 34.8 Å². The van der Waals surface area contributed by atoms with Gasteiger partial charge < -0.3 is 20.4 Å². The topological polar surface area (TPSA) is 68.7 Å². The Morgan fingerprint density at radius 3 is 2.46 bits per heavy atom. The highest BCUT2D eigenvalue weighted by molar-refractivity contribution is 14.0. The van der Waals surface area contributed by atoms with Crippen LogP contribution < -0.4 is 20.4 Å². The van der Waals surface area contributed by atoms with Gasteiger partial charge in [0.1, 0.15) is 5.82 Å². The predicted octanol–water partition coefficient (Wildman–Crippen LogP) is 2.54. The normalized spacial score (nSPS) is 10.9. The van der Waals surface area contributed by atoms with E-state index in [1.807, 2.05) is 61.6 Å². The van der Waals surface area contributed by atoms with E-state index in [2.05, 4.69) is 32.5 Å². The van der Waals surface area contributed by atoms with E-state index in [1.165, 1.54) is 0 Å². The van der Waals surface area contributed by atoms with E-state index in [0.29, 0.717) is 13.1 Å². The molecule has 2 N–H and O–H groups in total. The molecule has 144 valence electrons. The molecule has 0 saturated heterocycles. The first-order valence-corrected chi connectivity index (χ1v) is 9.14. The van der Waals surface area contributed by atoms with Gasteiger partial charge in [0.2, 0.25) is 0 Å². The fraction of sp³-hybridized carbons (Fsp3) is 0.471. The van der Waals surface area contributed by atoms with Gasteiger partial charge in [0.25, 0.3) is 0 Å². The van der Waals surface area contributed by atoms with Gasteiger partial charge in [-0.15, -0.1) is 35.3 Å². The van der Waals surface area contributed by atoms with Crippen LogP contribution in [-0.4, -0.2) is 50.7 Å². The lowest BCUT2D eigenvalue weighted by Crippen LogP contribution is -2.37. The number of aliphatic imine (C=N–C) groups is 1. The average molecular weight is 489 g/mol. The van der Waals surface area contributed by atoms with Gasteiger partial charge in [0.05, 0.1) is 24.5 Å². The molecule has 9 heteroatoms. The number of anilines is 2. The molecular weight excluding hydrogens is 461 g/mol. The molecule has 0 aliphatic rings. The molecule has 0 atom stereocenters. The van der Waals surface area contributed by atoms with Crippen LogP contribution in [0, 0.1) is 0 Å². The lowest BCUT2D eigenvalue weighted by Gasteiger charge is -2.14. The lowest BCUT2D eigenvalue weighted by atomic mass is 10.3. The average Bonchev–Trinajstić information content (AvgIpc) is 3.07. The maximum absolute atomic E-state index is 4.61. The number of pyridine rings is 1. The molecule has 0 unspecified atom stereocenters. The molecule has 26 heavy (non-hydrogen) atoms. The van der Waals surface area contributed by atoms with Gasteiger partial charge in [0, 0.05) is 40.1 Å². The Morgan fingerprint density at radius 1 is 1.08 bits per heavy atom. The van der Waals surface area contributed by atoms with Crippen molar-refractivity contribution in [2.24, 2.45) is 4.99 Å². The molecule has 0 amide bonds. The summed E-state index contributed by atoms with van der Waals surface area (Å²) in [5, 5.41) is 9.62. The molecule has 7 nitrogen and oxygen atoms in total. The van der Waals surface area contributed by atoms with E-state index >= 15 is 0 Å². The van der Waals surface area contributed by atoms with Crippen molar-refractivity contribution in [3.63, 3.8) is 0 Å². The molecule has 0 fully saturated rings. The third-order valence-corrected chi connectivity index (χ3v) is 4.41. The summed E-state index contributed by atoms with van der Waals surface area (Å²) in [4.78, 5) is 17.8. The van der Waals surface area contributed by atoms with Crippen LogP contribution in [0.15, 0.2) is 28.6 Å². The molecule has 2 aromatic rings. The minimum absolute atomic E-state index is 0. The second-order valence-corrected chi connectivity index (χ2v) is 6.78. The molecule has 0 saturated carbocycles. The van der Waals surface area contributed by atoms with Crippen LogP contribution in [0.5, 0.6) is 0 Å². The maximum atomic E-state index is 4.61. The van der Waals surface area contributed by atoms with Crippen LogP contribution in [0.2, 0.25) is 0 Å². The Kier molecular flexibility index (Phi) is 9.63. The van der Waals surface area contributed by atoms with Gasteiger partial charge in [0.15, 0.2) is 11.1 Å².